The number of nitrogens with one attached hydrogen (secondary N) is 1. The van der Waals surface area contributed by atoms with Crippen LogP contribution >= 0.6 is 23.4 Å². The molecule has 3 nitrogen and oxygen atoms in total. The maximum absolute atomic E-state index is 6.03. The van der Waals surface area contributed by atoms with Crippen LogP contribution in [0.1, 0.15) is 44.9 Å². The molecule has 0 bridgehead atoms. The van der Waals surface area contributed by atoms with Crippen molar-refractivity contribution in [3.05, 3.63) is 17.0 Å². The van der Waals surface area contributed by atoms with E-state index in [2.05, 4.69) is 35.4 Å². The summed E-state index contributed by atoms with van der Waals surface area (Å²) in [5, 5.41) is 3.93. The molecule has 100 valence electrons. The molecule has 0 saturated heterocycles. The van der Waals surface area contributed by atoms with Gasteiger partial charge in [-0.3, -0.25) is 0 Å². The third-order valence-electron chi connectivity index (χ3n) is 3.52. The molecule has 0 radical (unpaired) electrons. The molecule has 18 heavy (non-hydrogen) atoms. The second kappa shape index (κ2) is 5.66. The van der Waals surface area contributed by atoms with E-state index in [9.17, 15) is 0 Å². The Morgan fingerprint density at radius 2 is 2.17 bits per heavy atom. The highest BCUT2D eigenvalue weighted by molar-refractivity contribution is 8.00. The van der Waals surface area contributed by atoms with E-state index in [0.717, 1.165) is 18.2 Å². The van der Waals surface area contributed by atoms with Gasteiger partial charge in [-0.15, -0.1) is 0 Å². The third-order valence-corrected chi connectivity index (χ3v) is 5.13. The van der Waals surface area contributed by atoms with Crippen molar-refractivity contribution in [2.45, 2.75) is 43.8 Å². The second-order valence-electron chi connectivity index (χ2n) is 5.18. The first kappa shape index (κ1) is 13.9. The maximum atomic E-state index is 6.03. The Morgan fingerprint density at radius 3 is 2.67 bits per heavy atom. The van der Waals surface area contributed by atoms with Crippen LogP contribution in [0.4, 0.5) is 5.82 Å². The molecule has 0 unspecified atom stereocenters. The van der Waals surface area contributed by atoms with Crippen LogP contribution in [0.25, 0.3) is 0 Å². The lowest BCUT2D eigenvalue weighted by atomic mass is 9.84. The zero-order chi connectivity index (χ0) is 13.2. The molecule has 1 N–H and O–H groups in total. The minimum absolute atomic E-state index is 0.294. The zero-order valence-electron chi connectivity index (χ0n) is 11.2. The quantitative estimate of drug-likeness (QED) is 0.831. The highest BCUT2D eigenvalue weighted by Crippen LogP contribution is 2.42. The van der Waals surface area contributed by atoms with Crippen molar-refractivity contribution in [1.82, 2.24) is 9.97 Å². The van der Waals surface area contributed by atoms with Crippen LogP contribution in [0.15, 0.2) is 6.07 Å². The van der Waals surface area contributed by atoms with Crippen molar-refractivity contribution in [3.63, 3.8) is 0 Å². The number of thioether (sulfide) groups is 1. The maximum Gasteiger partial charge on any atom is 0.135 e. The van der Waals surface area contributed by atoms with Crippen molar-refractivity contribution in [2.75, 3.05) is 18.1 Å². The lowest BCUT2D eigenvalue weighted by Crippen LogP contribution is -2.40. The van der Waals surface area contributed by atoms with Gasteiger partial charge in [0.1, 0.15) is 16.8 Å². The van der Waals surface area contributed by atoms with Crippen LogP contribution in [-0.4, -0.2) is 27.5 Å². The van der Waals surface area contributed by atoms with E-state index in [0.29, 0.717) is 15.8 Å². The average molecular weight is 286 g/mol. The van der Waals surface area contributed by atoms with Crippen molar-refractivity contribution in [3.8, 4) is 0 Å². The molecule has 0 aliphatic heterocycles. The summed E-state index contributed by atoms with van der Waals surface area (Å²) < 4.78 is 0.398. The van der Waals surface area contributed by atoms with Gasteiger partial charge in [0.25, 0.3) is 0 Å². The molecular weight excluding hydrogens is 266 g/mol. The standard InChI is InChI=1S/C13H20ClN3S/c1-9(2)12-16-10(14)7-11(17-12)15-8-13(18-3)5-4-6-13/h7,9H,4-6,8H2,1-3H3,(H,15,16,17). The fourth-order valence-corrected chi connectivity index (χ4v) is 3.16. The third kappa shape index (κ3) is 3.09. The predicted octanol–water partition coefficient (Wildman–Crippen LogP) is 3.95. The Bertz CT molecular complexity index is 413. The van der Waals surface area contributed by atoms with Gasteiger partial charge in [0.15, 0.2) is 0 Å². The molecule has 1 saturated carbocycles. The van der Waals surface area contributed by atoms with Crippen LogP contribution in [-0.2, 0) is 0 Å². The Kier molecular flexibility index (Phi) is 4.38. The smallest absolute Gasteiger partial charge is 0.135 e. The number of hydrogen-bond acceptors (Lipinski definition) is 4. The Balaban J connectivity index is 2.05. The van der Waals surface area contributed by atoms with E-state index in [1.807, 2.05) is 11.8 Å². The van der Waals surface area contributed by atoms with Crippen LogP contribution in [0.3, 0.4) is 0 Å². The molecule has 5 heteroatoms. The van der Waals surface area contributed by atoms with E-state index in [1.54, 1.807) is 6.07 Å². The minimum atomic E-state index is 0.294. The van der Waals surface area contributed by atoms with Gasteiger partial charge in [0.2, 0.25) is 0 Å². The molecule has 1 aromatic heterocycles. The van der Waals surface area contributed by atoms with E-state index >= 15 is 0 Å². The van der Waals surface area contributed by atoms with Crippen LogP contribution in [0.2, 0.25) is 5.15 Å². The normalized spacial score (nSPS) is 17.6. The van der Waals surface area contributed by atoms with Gasteiger partial charge in [-0.25, -0.2) is 9.97 Å². The van der Waals surface area contributed by atoms with E-state index in [4.69, 9.17) is 11.6 Å². The molecule has 0 aromatic carbocycles. The molecule has 2 rings (SSSR count). The molecular formula is C13H20ClN3S. The van der Waals surface area contributed by atoms with Crippen molar-refractivity contribution in [1.29, 1.82) is 0 Å². The van der Waals surface area contributed by atoms with Gasteiger partial charge < -0.3 is 5.32 Å². The van der Waals surface area contributed by atoms with Crippen molar-refractivity contribution >= 4 is 29.2 Å². The number of hydrogen-bond donors (Lipinski definition) is 1. The van der Waals surface area contributed by atoms with Crippen LogP contribution in [0.5, 0.6) is 0 Å². The van der Waals surface area contributed by atoms with Crippen LogP contribution in [0, 0.1) is 0 Å². The van der Waals surface area contributed by atoms with E-state index < -0.39 is 0 Å². The van der Waals surface area contributed by atoms with Crippen molar-refractivity contribution in [2.24, 2.45) is 0 Å². The Labute approximate surface area is 118 Å². The average Bonchev–Trinajstić information content (AvgIpc) is 2.27. The summed E-state index contributed by atoms with van der Waals surface area (Å²) in [4.78, 5) is 8.75. The van der Waals surface area contributed by atoms with E-state index in [-0.39, 0.29) is 0 Å². The Morgan fingerprint density at radius 1 is 1.44 bits per heavy atom. The van der Waals surface area contributed by atoms with Gasteiger partial charge in [0, 0.05) is 23.3 Å². The summed E-state index contributed by atoms with van der Waals surface area (Å²) in [7, 11) is 0. The predicted molar refractivity (Wildman–Crippen MR) is 79.7 cm³/mol. The first-order chi connectivity index (χ1) is 8.54. The summed E-state index contributed by atoms with van der Waals surface area (Å²) in [6.45, 7) is 5.11. The van der Waals surface area contributed by atoms with E-state index in [1.165, 1.54) is 19.3 Å². The highest BCUT2D eigenvalue weighted by Gasteiger charge is 2.35. The van der Waals surface area contributed by atoms with Gasteiger partial charge in [0.05, 0.1) is 0 Å². The SMILES string of the molecule is CSC1(CNc2cc(Cl)nc(C(C)C)n2)CCC1. The summed E-state index contributed by atoms with van der Waals surface area (Å²) in [6.07, 6.45) is 6.10. The fourth-order valence-electron chi connectivity index (χ4n) is 2.06. The minimum Gasteiger partial charge on any atom is -0.369 e. The molecule has 0 amide bonds. The van der Waals surface area contributed by atoms with Gasteiger partial charge in [-0.2, -0.15) is 11.8 Å². The first-order valence-electron chi connectivity index (χ1n) is 6.38. The number of halogens is 1. The second-order valence-corrected chi connectivity index (χ2v) is 6.84. The number of anilines is 1. The summed E-state index contributed by atoms with van der Waals surface area (Å²) >= 11 is 7.98. The number of aromatic nitrogens is 2. The lowest BCUT2D eigenvalue weighted by molar-refractivity contribution is 0.379. The molecule has 1 heterocycles. The molecule has 0 atom stereocenters. The molecule has 1 aromatic rings. The number of nitrogens with zero attached hydrogens (tertiary/aromatic N) is 2. The van der Waals surface area contributed by atoms with Gasteiger partial charge in [-0.1, -0.05) is 31.9 Å². The molecule has 1 aliphatic rings. The summed E-state index contributed by atoms with van der Waals surface area (Å²) in [5.41, 5.74) is 0. The first-order valence-corrected chi connectivity index (χ1v) is 7.98. The molecule has 0 spiro atoms. The number of rotatable bonds is 5. The van der Waals surface area contributed by atoms with Crippen LogP contribution < -0.4 is 5.32 Å². The highest BCUT2D eigenvalue weighted by atomic mass is 35.5. The monoisotopic (exact) mass is 285 g/mol. The fraction of sp³-hybridized carbons (Fsp3) is 0.692. The Hall–Kier alpha value is -0.480. The zero-order valence-corrected chi connectivity index (χ0v) is 12.7. The van der Waals surface area contributed by atoms with Crippen molar-refractivity contribution < 1.29 is 0 Å². The molecule has 1 fully saturated rings. The van der Waals surface area contributed by atoms with Gasteiger partial charge in [-0.05, 0) is 19.1 Å². The topological polar surface area (TPSA) is 37.8 Å². The largest absolute Gasteiger partial charge is 0.369 e. The summed E-state index contributed by atoms with van der Waals surface area (Å²) in [6, 6.07) is 1.81. The van der Waals surface area contributed by atoms with Gasteiger partial charge >= 0.3 is 0 Å². The summed E-state index contributed by atoms with van der Waals surface area (Å²) in [5.74, 6) is 1.94. The lowest BCUT2D eigenvalue weighted by Gasteiger charge is -2.40. The molecule has 1 aliphatic carbocycles.